The first-order valence-corrected chi connectivity index (χ1v) is 17.7. The zero-order valence-electron chi connectivity index (χ0n) is 28.3. The number of aromatic hydroxyl groups is 1. The van der Waals surface area contributed by atoms with E-state index < -0.39 is 36.2 Å². The van der Waals surface area contributed by atoms with Gasteiger partial charge >= 0.3 is 5.97 Å². The van der Waals surface area contributed by atoms with Crippen LogP contribution in [0.25, 0.3) is 10.2 Å². The van der Waals surface area contributed by atoms with Crippen molar-refractivity contribution in [3.8, 4) is 5.75 Å². The van der Waals surface area contributed by atoms with Crippen LogP contribution in [0, 0.1) is 11.8 Å². The molecule has 10 nitrogen and oxygen atoms in total. The van der Waals surface area contributed by atoms with Crippen molar-refractivity contribution >= 4 is 45.0 Å². The van der Waals surface area contributed by atoms with Crippen molar-refractivity contribution in [2.75, 3.05) is 12.4 Å². The Bertz CT molecular complexity index is 1540. The van der Waals surface area contributed by atoms with E-state index in [1.807, 2.05) is 38.2 Å². The number of phenolic OH excluding ortho intramolecular Hbond substituents is 1. The highest BCUT2D eigenvalue weighted by Gasteiger charge is 2.31. The molecule has 4 N–H and O–H groups in total. The maximum Gasteiger partial charge on any atom is 0.328 e. The number of anilines is 1. The zero-order chi connectivity index (χ0) is 34.6. The number of esters is 1. The summed E-state index contributed by atoms with van der Waals surface area (Å²) in [5.74, 6) is -1.52. The van der Waals surface area contributed by atoms with Crippen LogP contribution in [0.2, 0.25) is 0 Å². The summed E-state index contributed by atoms with van der Waals surface area (Å²) in [6.07, 6.45) is 16.9. The molecule has 260 valence electrons. The molecular formula is C37H49N3O7S. The third-order valence-electron chi connectivity index (χ3n) is 9.19. The lowest BCUT2D eigenvalue weighted by Crippen LogP contribution is -2.45. The van der Waals surface area contributed by atoms with Crippen LogP contribution in [0.5, 0.6) is 5.75 Å². The third-order valence-corrected chi connectivity index (χ3v) is 10.1. The summed E-state index contributed by atoms with van der Waals surface area (Å²) in [7, 11) is 1.53. The third kappa shape index (κ3) is 10.1. The average Bonchev–Trinajstić information content (AvgIpc) is 3.55. The number of nitrogens with zero attached hydrogens (tertiary/aromatic N) is 1. The fourth-order valence-corrected chi connectivity index (χ4v) is 7.01. The Morgan fingerprint density at radius 2 is 1.90 bits per heavy atom. The van der Waals surface area contributed by atoms with E-state index in [0.29, 0.717) is 35.9 Å². The fourth-order valence-electron chi connectivity index (χ4n) is 6.17. The fraction of sp³-hybridized carbons (Fsp3) is 0.514. The number of aliphatic hydroxyl groups is 1. The number of aromatic nitrogens is 1. The van der Waals surface area contributed by atoms with Gasteiger partial charge in [-0.1, -0.05) is 68.7 Å². The molecule has 11 heteroatoms. The second kappa shape index (κ2) is 18.1. The zero-order valence-corrected chi connectivity index (χ0v) is 29.1. The van der Waals surface area contributed by atoms with Crippen molar-refractivity contribution in [1.82, 2.24) is 10.3 Å². The molecule has 4 rings (SSSR count). The van der Waals surface area contributed by atoms with Gasteiger partial charge in [-0.25, -0.2) is 9.78 Å². The molecule has 2 heterocycles. The van der Waals surface area contributed by atoms with Crippen molar-refractivity contribution in [1.29, 1.82) is 0 Å². The minimum atomic E-state index is -0.912. The maximum absolute atomic E-state index is 13.2. The number of nitrogens with one attached hydrogen (secondary N) is 2. The molecular weight excluding hydrogens is 630 g/mol. The predicted molar refractivity (Wildman–Crippen MR) is 189 cm³/mol. The molecule has 1 aromatic carbocycles. The number of amides is 2. The van der Waals surface area contributed by atoms with Gasteiger partial charge in [-0.15, -0.1) is 11.3 Å². The highest BCUT2D eigenvalue weighted by Crippen LogP contribution is 2.38. The molecule has 0 radical (unpaired) electrons. The SMILES string of the molecule is COC1/C=C/C=C/C=C/CC(OC(=O)C(C)NC(=O)C2CCCCC2)C(C)C(O)/C(C)=C\CCc2c(O)c(cc3ncsc23)NC(=O)C1. The molecule has 1 aromatic heterocycles. The summed E-state index contributed by atoms with van der Waals surface area (Å²) in [5, 5.41) is 28.3. The number of hydrogen-bond donors (Lipinski definition) is 4. The van der Waals surface area contributed by atoms with Gasteiger partial charge in [-0.2, -0.15) is 0 Å². The Morgan fingerprint density at radius 3 is 2.65 bits per heavy atom. The minimum Gasteiger partial charge on any atom is -0.505 e. The number of aryl methyl sites for hydroxylation is 1. The molecule has 0 saturated heterocycles. The van der Waals surface area contributed by atoms with Gasteiger partial charge in [0.1, 0.15) is 17.9 Å². The van der Waals surface area contributed by atoms with Gasteiger partial charge in [-0.3, -0.25) is 9.59 Å². The Kier molecular flexibility index (Phi) is 14.0. The second-order valence-electron chi connectivity index (χ2n) is 12.7. The standard InChI is InChI=1S/C37H49N3O7S/c1-23-14-13-18-28-34(43)29(21-30-35(28)48-22-38-30)40-32(41)20-27(46-4)17-11-6-5-7-12-19-31(24(2)33(23)42)47-37(45)25(3)39-36(44)26-15-9-8-10-16-26/h5-7,11-12,14,17,21-22,24-27,31,33,42-43H,8-10,13,15-16,18-20H2,1-4H3,(H,39,44)(H,40,41)/b6-5+,12-7+,17-11+,23-14-. The number of aliphatic hydroxyl groups excluding tert-OH is 1. The van der Waals surface area contributed by atoms with Crippen molar-refractivity contribution in [3.05, 3.63) is 65.2 Å². The molecule has 1 fully saturated rings. The summed E-state index contributed by atoms with van der Waals surface area (Å²) in [4.78, 5) is 43.3. The number of phenols is 1. The number of hydrogen-bond acceptors (Lipinski definition) is 9. The molecule has 48 heavy (non-hydrogen) atoms. The molecule has 1 aliphatic heterocycles. The lowest BCUT2D eigenvalue weighted by molar-refractivity contribution is -0.156. The van der Waals surface area contributed by atoms with Crippen LogP contribution in [0.1, 0.15) is 77.7 Å². The number of methoxy groups -OCH3 is 1. The van der Waals surface area contributed by atoms with Crippen LogP contribution >= 0.6 is 11.3 Å². The van der Waals surface area contributed by atoms with Crippen molar-refractivity contribution in [2.24, 2.45) is 11.8 Å². The van der Waals surface area contributed by atoms with Gasteiger partial charge in [-0.05, 0) is 51.2 Å². The Labute approximate surface area is 287 Å². The topological polar surface area (TPSA) is 147 Å². The number of carbonyl (C=O) groups excluding carboxylic acids is 3. The first-order chi connectivity index (χ1) is 23.1. The summed E-state index contributed by atoms with van der Waals surface area (Å²) >= 11 is 1.41. The summed E-state index contributed by atoms with van der Waals surface area (Å²) < 4.78 is 12.3. The van der Waals surface area contributed by atoms with E-state index in [1.165, 1.54) is 18.4 Å². The number of thiazole rings is 1. The van der Waals surface area contributed by atoms with E-state index in [2.05, 4.69) is 15.6 Å². The monoisotopic (exact) mass is 679 g/mol. The van der Waals surface area contributed by atoms with Gasteiger partial charge in [0.2, 0.25) is 11.8 Å². The number of fused-ring (bicyclic) bond motifs is 4. The summed E-state index contributed by atoms with van der Waals surface area (Å²) in [6.45, 7) is 5.31. The largest absolute Gasteiger partial charge is 0.505 e. The van der Waals surface area contributed by atoms with E-state index in [9.17, 15) is 24.6 Å². The van der Waals surface area contributed by atoms with Crippen LogP contribution in [0.15, 0.2) is 59.7 Å². The molecule has 0 spiro atoms. The Morgan fingerprint density at radius 1 is 1.15 bits per heavy atom. The van der Waals surface area contributed by atoms with Crippen LogP contribution < -0.4 is 10.6 Å². The average molecular weight is 680 g/mol. The minimum absolute atomic E-state index is 0.0128. The number of benzene rings is 1. The van der Waals surface area contributed by atoms with Gasteiger partial charge in [0, 0.05) is 30.9 Å². The van der Waals surface area contributed by atoms with Crippen LogP contribution in [0.3, 0.4) is 0 Å². The Hall–Kier alpha value is -3.80. The van der Waals surface area contributed by atoms with Crippen LogP contribution in [-0.4, -0.2) is 64.4 Å². The number of allylic oxidation sites excluding steroid dienone is 5. The Balaban J connectivity index is 1.56. The molecule has 5 atom stereocenters. The van der Waals surface area contributed by atoms with E-state index in [-0.39, 0.29) is 35.6 Å². The summed E-state index contributed by atoms with van der Waals surface area (Å²) in [5.41, 5.74) is 4.03. The molecule has 5 unspecified atom stereocenters. The molecule has 2 bridgehead atoms. The number of ether oxygens (including phenoxy) is 2. The van der Waals surface area contributed by atoms with Crippen molar-refractivity contribution < 1.29 is 34.1 Å². The number of carbonyl (C=O) groups is 3. The predicted octanol–water partition coefficient (Wildman–Crippen LogP) is 6.29. The maximum atomic E-state index is 13.2. The number of rotatable bonds is 5. The van der Waals surface area contributed by atoms with Crippen LogP contribution in [-0.2, 0) is 30.3 Å². The van der Waals surface area contributed by atoms with E-state index >= 15 is 0 Å². The molecule has 2 aliphatic rings. The van der Waals surface area contributed by atoms with E-state index in [0.717, 1.165) is 36.8 Å². The molecule has 1 aliphatic carbocycles. The first-order valence-electron chi connectivity index (χ1n) is 16.8. The van der Waals surface area contributed by atoms with E-state index in [4.69, 9.17) is 9.47 Å². The quantitative estimate of drug-likeness (QED) is 0.164. The van der Waals surface area contributed by atoms with Gasteiger partial charge in [0.05, 0.1) is 40.0 Å². The second-order valence-corrected chi connectivity index (χ2v) is 13.6. The van der Waals surface area contributed by atoms with Gasteiger partial charge in [0.15, 0.2) is 0 Å². The van der Waals surface area contributed by atoms with Crippen LogP contribution in [0.4, 0.5) is 5.69 Å². The van der Waals surface area contributed by atoms with Crippen molar-refractivity contribution in [3.63, 3.8) is 0 Å². The highest BCUT2D eigenvalue weighted by atomic mass is 32.1. The summed E-state index contributed by atoms with van der Waals surface area (Å²) in [6, 6.07) is 0.850. The van der Waals surface area contributed by atoms with Gasteiger partial charge < -0.3 is 30.3 Å². The molecule has 2 amide bonds. The molecule has 1 saturated carbocycles. The van der Waals surface area contributed by atoms with E-state index in [1.54, 1.807) is 36.7 Å². The van der Waals surface area contributed by atoms with Crippen molar-refractivity contribution in [2.45, 2.75) is 103 Å². The molecule has 2 aromatic rings. The van der Waals surface area contributed by atoms with Gasteiger partial charge in [0.25, 0.3) is 0 Å². The first kappa shape index (κ1) is 37.0. The lowest BCUT2D eigenvalue weighted by Gasteiger charge is -2.29. The highest BCUT2D eigenvalue weighted by molar-refractivity contribution is 7.17. The smallest absolute Gasteiger partial charge is 0.328 e. The normalized spacial score (nSPS) is 27.4. The lowest BCUT2D eigenvalue weighted by atomic mass is 9.88.